The fraction of sp³-hybridized carbons (Fsp3) is 0. The van der Waals surface area contributed by atoms with Gasteiger partial charge in [-0.25, -0.2) is 0 Å². The highest BCUT2D eigenvalue weighted by Gasteiger charge is 1.75. The standard InChI is InChI=1S/H2N54/c1-3-5-7-9-11-13-15-17-19-21-23-25-27-29-31-33-35-37-39-41-43-45-47-49-51-53-54-52-50-48-46-44-42-40-38-36-34-32-30-28-26-24-22-20-18-16-14-12-10-8-6-4-2/h1-2H/b3-1?,4-2?,7-5+,8-6+,11-9+,12-10+,15-13+,16-14+,19-17+,20-18+,23-21+,24-22+,27-25+,28-26+,31-29+,32-30+,35-33+,36-34+,39-37+,40-38+,43-41+,44-42+,47-45+,48-46+,51-49+,52-50+,54-53+. The first-order valence-electron chi connectivity index (χ1n) is 10.6. The number of nitrogens with zero attached hydrogens (tertiary/aromatic N) is 52. The third-order valence-corrected chi connectivity index (χ3v) is 2.05. The van der Waals surface area contributed by atoms with E-state index in [1.54, 1.807) is 0 Å². The van der Waals surface area contributed by atoms with Gasteiger partial charge in [-0.1, -0.05) is 0 Å². The number of hydrogen-bond donors (Lipinski definition) is 2. The SMILES string of the molecule is N=N/N=N/N=N/N=N/N=N/N=N/N=N/N=N/N=N/N=N/N=N/N=N/N=N/N=N/N=N/N=N/N=N/N=N/N=N/N=N/N=N/N=N/N=N/N=N/N=N/N=N/N=N. The van der Waals surface area contributed by atoms with Gasteiger partial charge in [0.1, 0.15) is 0 Å². The molecule has 0 aliphatic rings. The van der Waals surface area contributed by atoms with Crippen LogP contribution in [0.1, 0.15) is 0 Å². The third kappa shape index (κ3) is 41.2. The summed E-state index contributed by atoms with van der Waals surface area (Å²) in [6.45, 7) is 0. The van der Waals surface area contributed by atoms with Gasteiger partial charge in [0.15, 0.2) is 0 Å². The zero-order chi connectivity index (χ0) is 38.8. The van der Waals surface area contributed by atoms with Crippen molar-refractivity contribution in [3.8, 4) is 0 Å². The van der Waals surface area contributed by atoms with E-state index in [2.05, 4.69) is 272 Å². The van der Waals surface area contributed by atoms with Gasteiger partial charge in [0, 0.05) is 188 Å². The summed E-state index contributed by atoms with van der Waals surface area (Å²) in [7, 11) is 0. The van der Waals surface area contributed by atoms with E-state index in [-0.39, 0.29) is 0 Å². The largest absolute Gasteiger partial charge is 0.183 e. The third-order valence-electron chi connectivity index (χ3n) is 2.05. The van der Waals surface area contributed by atoms with Crippen molar-refractivity contribution in [2.75, 3.05) is 0 Å². The maximum Gasteiger partial charge on any atom is 0 e. The van der Waals surface area contributed by atoms with Crippen LogP contribution in [0.15, 0.2) is 272 Å². The maximum absolute atomic E-state index is 6.25. The molecule has 0 spiro atoms. The summed E-state index contributed by atoms with van der Waals surface area (Å²) in [6, 6.07) is 0. The maximum atomic E-state index is 6.25. The van der Waals surface area contributed by atoms with Crippen LogP contribution in [0.3, 0.4) is 0 Å². The van der Waals surface area contributed by atoms with Crippen LogP contribution in [-0.2, 0) is 0 Å². The van der Waals surface area contributed by atoms with Crippen LogP contribution < -0.4 is 0 Å². The second-order valence-electron chi connectivity index (χ2n) is 4.67. The molecular formula is H2N54. The minimum absolute atomic E-state index is 2.50. The molecule has 0 aromatic heterocycles. The van der Waals surface area contributed by atoms with Gasteiger partial charge >= 0.3 is 0 Å². The first-order chi connectivity index (χ1) is 26.9. The Balaban J connectivity index is 4.06. The van der Waals surface area contributed by atoms with E-state index in [0.717, 1.165) is 0 Å². The fourth-order valence-corrected chi connectivity index (χ4v) is 0.899. The Kier molecular flexibility index (Phi) is 33.8. The topological polar surface area (TPSA) is 690 Å². The molecule has 0 fully saturated rings. The van der Waals surface area contributed by atoms with Crippen molar-refractivity contribution in [3.05, 3.63) is 0 Å². The number of nitrogens with one attached hydrogen (secondary N) is 2. The molecule has 0 amide bonds. The summed E-state index contributed by atoms with van der Waals surface area (Å²) in [5, 5.41) is 153. The van der Waals surface area contributed by atoms with Gasteiger partial charge in [0.2, 0.25) is 0 Å². The van der Waals surface area contributed by atoms with Crippen molar-refractivity contribution in [3.63, 3.8) is 0 Å². The van der Waals surface area contributed by atoms with Gasteiger partial charge in [0.25, 0.3) is 0 Å². The fourth-order valence-electron chi connectivity index (χ4n) is 0.899. The highest BCUT2D eigenvalue weighted by Crippen LogP contribution is 1.93. The molecule has 0 atom stereocenters. The Hall–Kier alpha value is -10.8. The Morgan fingerprint density at radius 2 is 0.148 bits per heavy atom. The molecule has 0 saturated carbocycles. The molecule has 0 bridgehead atoms. The van der Waals surface area contributed by atoms with E-state index in [1.165, 1.54) is 0 Å². The molecule has 2 N–H and O–H groups in total. The Morgan fingerprint density at radius 3 is 0.204 bits per heavy atom. The normalized spacial score (nSPS) is 15.2. The average molecular weight is 758 g/mol. The van der Waals surface area contributed by atoms with Gasteiger partial charge in [0.05, 0.1) is 0 Å². The lowest BCUT2D eigenvalue weighted by molar-refractivity contribution is 0.724. The molecule has 0 radical (unpaired) electrons. The number of rotatable bonds is 26. The number of hydrogen-bond acceptors (Lipinski definition) is 2. The highest BCUT2D eigenvalue weighted by atomic mass is 15.8. The lowest BCUT2D eigenvalue weighted by Gasteiger charge is -1.70. The Morgan fingerprint density at radius 1 is 0.0926 bits per heavy atom. The predicted molar refractivity (Wildman–Crippen MR) is 132 cm³/mol. The predicted octanol–water partition coefficient (Wildman–Crippen LogP) is 10.1. The zero-order valence-corrected chi connectivity index (χ0v) is 24.3. The van der Waals surface area contributed by atoms with Crippen molar-refractivity contribution in [1.29, 1.82) is 11.1 Å². The quantitative estimate of drug-likeness (QED) is 0.0614. The summed E-state index contributed by atoms with van der Waals surface area (Å²) in [5.74, 6) is 0. The highest BCUT2D eigenvalue weighted by molar-refractivity contribution is 4.18. The molecule has 54 heteroatoms. The van der Waals surface area contributed by atoms with E-state index < -0.39 is 0 Å². The van der Waals surface area contributed by atoms with E-state index in [9.17, 15) is 0 Å². The Bertz CT molecular complexity index is 1610. The van der Waals surface area contributed by atoms with Crippen LogP contribution >= 0.6 is 0 Å². The van der Waals surface area contributed by atoms with Crippen LogP contribution in [0, 0.1) is 11.1 Å². The lowest BCUT2D eigenvalue weighted by Crippen LogP contribution is -1.52. The molecule has 0 heterocycles. The minimum Gasteiger partial charge on any atom is -0.183 e. The van der Waals surface area contributed by atoms with Gasteiger partial charge in [-0.05, 0) is 83.6 Å². The second-order valence-corrected chi connectivity index (χ2v) is 4.67. The van der Waals surface area contributed by atoms with E-state index in [0.29, 0.717) is 0 Å². The van der Waals surface area contributed by atoms with Crippen molar-refractivity contribution < 1.29 is 0 Å². The second kappa shape index (κ2) is 42.2. The summed E-state index contributed by atoms with van der Waals surface area (Å²) in [6.07, 6.45) is 0. The van der Waals surface area contributed by atoms with Gasteiger partial charge < -0.3 is 0 Å². The molecule has 0 aromatic carbocycles. The van der Waals surface area contributed by atoms with Crippen molar-refractivity contribution >= 4 is 0 Å². The van der Waals surface area contributed by atoms with Crippen molar-refractivity contribution in [2.24, 2.45) is 272 Å². The van der Waals surface area contributed by atoms with E-state index >= 15 is 0 Å². The van der Waals surface area contributed by atoms with Crippen molar-refractivity contribution in [2.45, 2.75) is 0 Å². The van der Waals surface area contributed by atoms with Crippen molar-refractivity contribution in [1.82, 2.24) is 0 Å². The molecule has 0 aromatic rings. The van der Waals surface area contributed by atoms with E-state index in [1.807, 2.05) is 0 Å². The molecule has 54 heavy (non-hydrogen) atoms. The molecular weight excluding hydrogens is 756 g/mol. The minimum atomic E-state index is 2.50. The lowest BCUT2D eigenvalue weighted by atomic mass is 12.3. The smallest absolute Gasteiger partial charge is 0 e. The molecule has 272 valence electrons. The molecule has 0 saturated heterocycles. The summed E-state index contributed by atoms with van der Waals surface area (Å²) in [5.41, 5.74) is 12.5. The molecule has 0 aliphatic carbocycles. The monoisotopic (exact) mass is 758 g/mol. The van der Waals surface area contributed by atoms with Gasteiger partial charge in [-0.3, -0.25) is 0 Å². The molecule has 0 aliphatic heterocycles. The van der Waals surface area contributed by atoms with Crippen LogP contribution in [0.25, 0.3) is 0 Å². The average Bonchev–Trinajstić information content (AvgIpc) is 3.18. The van der Waals surface area contributed by atoms with Gasteiger partial charge in [-0.15, -0.1) is 0 Å². The molecule has 0 unspecified atom stereocenters. The van der Waals surface area contributed by atoms with Crippen LogP contribution in [-0.4, -0.2) is 0 Å². The summed E-state index contributed by atoms with van der Waals surface area (Å²) >= 11 is 0. The van der Waals surface area contributed by atoms with Crippen LogP contribution in [0.2, 0.25) is 0 Å². The van der Waals surface area contributed by atoms with E-state index in [4.69, 9.17) is 11.1 Å². The molecule has 0 rings (SSSR count). The zero-order valence-electron chi connectivity index (χ0n) is 24.3. The van der Waals surface area contributed by atoms with Crippen LogP contribution in [0.5, 0.6) is 0 Å². The van der Waals surface area contributed by atoms with Gasteiger partial charge in [-0.2, -0.15) is 11.1 Å². The summed E-state index contributed by atoms with van der Waals surface area (Å²) < 4.78 is 0. The first-order valence-corrected chi connectivity index (χ1v) is 10.6. The summed E-state index contributed by atoms with van der Waals surface area (Å²) in [4.78, 5) is 0. The Labute approximate surface area is 283 Å². The van der Waals surface area contributed by atoms with Crippen LogP contribution in [0.4, 0.5) is 0 Å². The first kappa shape index (κ1) is 43.2. The molecule has 54 nitrogen and oxygen atoms in total.